The number of aryl methyl sites for hydroxylation is 2. The Balaban J connectivity index is 1.99. The van der Waals surface area contributed by atoms with Crippen molar-refractivity contribution in [2.75, 3.05) is 7.05 Å². The molecule has 0 amide bonds. The molecule has 0 fully saturated rings. The van der Waals surface area contributed by atoms with Crippen molar-refractivity contribution in [1.29, 1.82) is 0 Å². The Hall–Kier alpha value is -3.21. The summed E-state index contributed by atoms with van der Waals surface area (Å²) in [6.07, 6.45) is 3.82. The van der Waals surface area contributed by atoms with Crippen molar-refractivity contribution in [3.8, 4) is 0 Å². The highest BCUT2D eigenvalue weighted by molar-refractivity contribution is 6.34. The predicted octanol–water partition coefficient (Wildman–Crippen LogP) is 4.98. The molecule has 2 aromatic carbocycles. The van der Waals surface area contributed by atoms with Crippen LogP contribution in [0.15, 0.2) is 47.2 Å². The van der Waals surface area contributed by atoms with Gasteiger partial charge in [0.05, 0.1) is 29.1 Å². The topological polar surface area (TPSA) is 58.9 Å². The first-order valence-corrected chi connectivity index (χ1v) is 9.42. The lowest BCUT2D eigenvalue weighted by Crippen LogP contribution is -2.09. The first-order chi connectivity index (χ1) is 13.4. The zero-order valence-electron chi connectivity index (χ0n) is 17.3. The fourth-order valence-electron chi connectivity index (χ4n) is 3.95. The molecule has 0 atom stereocenters. The molecule has 0 aliphatic rings. The summed E-state index contributed by atoms with van der Waals surface area (Å²) in [5.74, 6) is 0. The molecule has 142 valence electrons. The maximum Gasteiger partial charge on any atom is 0.0721 e. The molecule has 0 bridgehead atoms. The maximum absolute atomic E-state index is 4.73. The van der Waals surface area contributed by atoms with E-state index < -0.39 is 0 Å². The smallest absolute Gasteiger partial charge is 0.0721 e. The van der Waals surface area contributed by atoms with Gasteiger partial charge in [-0.05, 0) is 62.6 Å². The minimum atomic E-state index is 0.988. The van der Waals surface area contributed by atoms with Crippen LogP contribution in [0.4, 0.5) is 0 Å². The van der Waals surface area contributed by atoms with Gasteiger partial charge in [0.2, 0.25) is 0 Å². The van der Waals surface area contributed by atoms with Crippen molar-refractivity contribution < 1.29 is 0 Å². The molecule has 0 aliphatic heterocycles. The molecule has 5 nitrogen and oxygen atoms in total. The van der Waals surface area contributed by atoms with Crippen LogP contribution in [0.25, 0.3) is 27.4 Å². The van der Waals surface area contributed by atoms with Crippen molar-refractivity contribution in [3.05, 3.63) is 64.5 Å². The summed E-state index contributed by atoms with van der Waals surface area (Å²) in [5, 5.41) is 14.0. The number of hydrogen-bond acceptors (Lipinski definition) is 3. The fraction of sp³-hybridized carbons (Fsp3) is 0.261. The molecule has 4 aromatic rings. The van der Waals surface area contributed by atoms with E-state index in [-0.39, 0.29) is 0 Å². The molecule has 0 saturated carbocycles. The van der Waals surface area contributed by atoms with Crippen LogP contribution in [0, 0.1) is 13.8 Å². The van der Waals surface area contributed by atoms with Crippen LogP contribution < -0.4 is 0 Å². The van der Waals surface area contributed by atoms with Gasteiger partial charge in [0, 0.05) is 36.0 Å². The number of aromatic nitrogens is 4. The van der Waals surface area contributed by atoms with Gasteiger partial charge in [-0.2, -0.15) is 10.2 Å². The molecule has 0 radical (unpaired) electrons. The van der Waals surface area contributed by atoms with E-state index in [0.29, 0.717) is 0 Å². The fourth-order valence-corrected chi connectivity index (χ4v) is 3.95. The number of fused-ring (bicyclic) bond motifs is 2. The Bertz CT molecular complexity index is 1260. The van der Waals surface area contributed by atoms with Crippen LogP contribution in [0.3, 0.4) is 0 Å². The summed E-state index contributed by atoms with van der Waals surface area (Å²) in [5.41, 5.74) is 10.3. The predicted molar refractivity (Wildman–Crippen MR) is 117 cm³/mol. The van der Waals surface area contributed by atoms with Crippen LogP contribution in [-0.2, 0) is 7.05 Å². The maximum atomic E-state index is 4.73. The number of aromatic amines is 1. The Morgan fingerprint density at radius 2 is 1.89 bits per heavy atom. The van der Waals surface area contributed by atoms with Crippen molar-refractivity contribution in [3.63, 3.8) is 0 Å². The third-order valence-electron chi connectivity index (χ3n) is 5.50. The van der Waals surface area contributed by atoms with Gasteiger partial charge < -0.3 is 0 Å². The molecule has 28 heavy (non-hydrogen) atoms. The molecule has 2 aromatic heterocycles. The minimum absolute atomic E-state index is 0.988. The highest BCUT2D eigenvalue weighted by atomic mass is 15.2. The number of rotatable bonds is 3. The molecular weight excluding hydrogens is 346 g/mol. The zero-order valence-corrected chi connectivity index (χ0v) is 17.3. The molecule has 1 N–H and O–H groups in total. The normalized spacial score (nSPS) is 12.1. The van der Waals surface area contributed by atoms with Gasteiger partial charge in [0.25, 0.3) is 0 Å². The van der Waals surface area contributed by atoms with Crippen LogP contribution >= 0.6 is 0 Å². The Morgan fingerprint density at radius 3 is 2.61 bits per heavy atom. The lowest BCUT2D eigenvalue weighted by atomic mass is 9.86. The van der Waals surface area contributed by atoms with Gasteiger partial charge in [-0.15, -0.1) is 0 Å². The van der Waals surface area contributed by atoms with Gasteiger partial charge in [-0.3, -0.25) is 14.8 Å². The number of benzene rings is 2. The van der Waals surface area contributed by atoms with Crippen LogP contribution in [-0.4, -0.2) is 32.7 Å². The Morgan fingerprint density at radius 1 is 1.11 bits per heavy atom. The van der Waals surface area contributed by atoms with Crippen molar-refractivity contribution in [2.45, 2.75) is 27.7 Å². The lowest BCUT2D eigenvalue weighted by Gasteiger charge is -2.19. The number of aliphatic imine (C=N–C) groups is 1. The van der Waals surface area contributed by atoms with Gasteiger partial charge in [0.1, 0.15) is 0 Å². The van der Waals surface area contributed by atoms with Crippen LogP contribution in [0.2, 0.25) is 0 Å². The quantitative estimate of drug-likeness (QED) is 0.516. The Kier molecular flexibility index (Phi) is 4.38. The summed E-state index contributed by atoms with van der Waals surface area (Å²) in [4.78, 5) is 4.73. The second kappa shape index (κ2) is 6.75. The van der Waals surface area contributed by atoms with Gasteiger partial charge >= 0.3 is 0 Å². The van der Waals surface area contributed by atoms with E-state index in [0.717, 1.165) is 33.1 Å². The van der Waals surface area contributed by atoms with Crippen molar-refractivity contribution in [1.82, 2.24) is 20.0 Å². The van der Waals surface area contributed by atoms with Crippen molar-refractivity contribution in [2.24, 2.45) is 12.0 Å². The Labute approximate surface area is 164 Å². The van der Waals surface area contributed by atoms with Gasteiger partial charge in [-0.1, -0.05) is 11.6 Å². The number of allylic oxidation sites excluding steroid dienone is 2. The monoisotopic (exact) mass is 371 g/mol. The van der Waals surface area contributed by atoms with E-state index in [1.807, 2.05) is 31.2 Å². The number of nitrogens with one attached hydrogen (secondary N) is 1. The second-order valence-electron chi connectivity index (χ2n) is 7.51. The molecule has 0 unspecified atom stereocenters. The lowest BCUT2D eigenvalue weighted by molar-refractivity contribution is 0.797. The summed E-state index contributed by atoms with van der Waals surface area (Å²) in [7, 11) is 3.83. The average Bonchev–Trinajstić information content (AvgIpc) is 3.27. The standard InChI is InChI=1S/C23H25N5/c1-13(2)21(22-15(4)14(3)9-19-18(22)12-25-27-19)23(24-5)16-7-8-20-17(10-16)11-26-28(20)6/h7-12H,1-6H3,(H,25,27)/b24-23-. The van der Waals surface area contributed by atoms with Crippen LogP contribution in [0.5, 0.6) is 0 Å². The molecule has 2 heterocycles. The summed E-state index contributed by atoms with van der Waals surface area (Å²) in [6, 6.07) is 8.58. The molecule has 0 spiro atoms. The SMILES string of the molecule is C/N=C(\C(=C(C)C)c1c(C)c(C)cc2[nH]ncc12)c1ccc2c(cnn2C)c1. The summed E-state index contributed by atoms with van der Waals surface area (Å²) in [6.45, 7) is 8.62. The van der Waals surface area contributed by atoms with Crippen molar-refractivity contribution >= 4 is 33.1 Å². The highest BCUT2D eigenvalue weighted by Crippen LogP contribution is 2.34. The van der Waals surface area contributed by atoms with E-state index in [1.54, 1.807) is 0 Å². The molecule has 0 saturated heterocycles. The molecule has 4 rings (SSSR count). The minimum Gasteiger partial charge on any atom is -0.287 e. The van der Waals surface area contributed by atoms with Gasteiger partial charge in [-0.25, -0.2) is 0 Å². The average molecular weight is 371 g/mol. The van der Waals surface area contributed by atoms with E-state index in [1.165, 1.54) is 27.8 Å². The summed E-state index contributed by atoms with van der Waals surface area (Å²) >= 11 is 0. The van der Waals surface area contributed by atoms with E-state index in [9.17, 15) is 0 Å². The second-order valence-corrected chi connectivity index (χ2v) is 7.51. The number of hydrogen-bond donors (Lipinski definition) is 1. The summed E-state index contributed by atoms with van der Waals surface area (Å²) < 4.78 is 1.89. The third-order valence-corrected chi connectivity index (χ3v) is 5.50. The van der Waals surface area contributed by atoms with E-state index in [4.69, 9.17) is 4.99 Å². The first kappa shape index (κ1) is 18.2. The first-order valence-electron chi connectivity index (χ1n) is 9.42. The molecular formula is C23H25N5. The van der Waals surface area contributed by atoms with Gasteiger partial charge in [0.15, 0.2) is 0 Å². The number of H-pyrrole nitrogens is 1. The van der Waals surface area contributed by atoms with Crippen LogP contribution in [0.1, 0.15) is 36.1 Å². The highest BCUT2D eigenvalue weighted by Gasteiger charge is 2.20. The zero-order chi connectivity index (χ0) is 20.0. The molecule has 0 aliphatic carbocycles. The molecule has 5 heteroatoms. The largest absolute Gasteiger partial charge is 0.287 e. The third kappa shape index (κ3) is 2.74. The number of nitrogens with zero attached hydrogens (tertiary/aromatic N) is 4. The van der Waals surface area contributed by atoms with E-state index in [2.05, 4.69) is 67.3 Å². The van der Waals surface area contributed by atoms with E-state index >= 15 is 0 Å².